The number of amides is 1. The molecule has 0 saturated carbocycles. The molecule has 3 aromatic rings. The largest absolute Gasteiger partial charge is 0.493 e. The summed E-state index contributed by atoms with van der Waals surface area (Å²) in [6.07, 6.45) is 1.17. The minimum absolute atomic E-state index is 0.00955. The van der Waals surface area contributed by atoms with Crippen molar-refractivity contribution in [2.24, 2.45) is 0 Å². The van der Waals surface area contributed by atoms with E-state index in [2.05, 4.69) is 36.5 Å². The molecule has 0 spiro atoms. The van der Waals surface area contributed by atoms with Crippen LogP contribution >= 0.6 is 0 Å². The zero-order chi connectivity index (χ0) is 21.3. The van der Waals surface area contributed by atoms with E-state index >= 15 is 0 Å². The van der Waals surface area contributed by atoms with Gasteiger partial charge in [0.25, 0.3) is 0 Å². The lowest BCUT2D eigenvalue weighted by Gasteiger charge is -2.22. The quantitative estimate of drug-likeness (QED) is 0.514. The van der Waals surface area contributed by atoms with E-state index in [9.17, 15) is 4.79 Å². The van der Waals surface area contributed by atoms with Crippen molar-refractivity contribution in [3.63, 3.8) is 0 Å². The number of ether oxygens (including phenoxy) is 2. The van der Waals surface area contributed by atoms with Crippen LogP contribution in [-0.2, 0) is 4.79 Å². The Labute approximate surface area is 178 Å². The van der Waals surface area contributed by atoms with Gasteiger partial charge in [-0.05, 0) is 35.2 Å². The van der Waals surface area contributed by atoms with Crippen molar-refractivity contribution in [2.75, 3.05) is 14.2 Å². The van der Waals surface area contributed by atoms with Gasteiger partial charge in [-0.15, -0.1) is 0 Å². The van der Waals surface area contributed by atoms with Crippen molar-refractivity contribution in [1.82, 2.24) is 5.32 Å². The molecular formula is C26H29NO3. The molecule has 0 bridgehead atoms. The summed E-state index contributed by atoms with van der Waals surface area (Å²) in [5.41, 5.74) is 3.27. The Morgan fingerprint density at radius 2 is 1.37 bits per heavy atom. The highest BCUT2D eigenvalue weighted by Gasteiger charge is 2.21. The predicted octanol–water partition coefficient (Wildman–Crippen LogP) is 5.49. The van der Waals surface area contributed by atoms with Gasteiger partial charge in [0.05, 0.1) is 20.3 Å². The summed E-state index contributed by atoms with van der Waals surface area (Å²) in [4.78, 5) is 13.1. The van der Waals surface area contributed by atoms with E-state index in [0.29, 0.717) is 17.9 Å². The van der Waals surface area contributed by atoms with Gasteiger partial charge >= 0.3 is 0 Å². The third kappa shape index (κ3) is 5.20. The minimum atomic E-state index is -0.0931. The third-order valence-corrected chi connectivity index (χ3v) is 5.35. The maximum Gasteiger partial charge on any atom is 0.221 e. The Balaban J connectivity index is 1.79. The van der Waals surface area contributed by atoms with Crippen molar-refractivity contribution < 1.29 is 14.3 Å². The van der Waals surface area contributed by atoms with Gasteiger partial charge in [-0.2, -0.15) is 0 Å². The maximum atomic E-state index is 13.1. The normalized spacial score (nSPS) is 11.7. The number of methoxy groups -OCH3 is 2. The third-order valence-electron chi connectivity index (χ3n) is 5.35. The topological polar surface area (TPSA) is 47.6 Å². The number of carbonyl (C=O) groups excluding carboxylic acids is 1. The van der Waals surface area contributed by atoms with Crippen molar-refractivity contribution in [3.8, 4) is 11.5 Å². The standard InChI is InChI=1S/C26H29NO3/c1-4-23(21-15-16-24(29-2)25(17-21)30-3)27-26(28)18-22(19-11-7-5-8-12-19)20-13-9-6-10-14-20/h5-17,22-23H,4,18H2,1-3H3,(H,27,28). The van der Waals surface area contributed by atoms with E-state index in [1.165, 1.54) is 0 Å². The van der Waals surface area contributed by atoms with Gasteiger partial charge in [-0.25, -0.2) is 0 Å². The van der Waals surface area contributed by atoms with Gasteiger partial charge in [0.1, 0.15) is 0 Å². The van der Waals surface area contributed by atoms with Gasteiger partial charge in [0.15, 0.2) is 11.5 Å². The summed E-state index contributed by atoms with van der Waals surface area (Å²) in [6, 6.07) is 26.1. The highest BCUT2D eigenvalue weighted by molar-refractivity contribution is 5.78. The lowest BCUT2D eigenvalue weighted by atomic mass is 9.88. The van der Waals surface area contributed by atoms with Crippen LogP contribution in [0.3, 0.4) is 0 Å². The number of benzene rings is 3. The fourth-order valence-corrected chi connectivity index (χ4v) is 3.73. The Morgan fingerprint density at radius 1 is 0.800 bits per heavy atom. The van der Waals surface area contributed by atoms with E-state index < -0.39 is 0 Å². The highest BCUT2D eigenvalue weighted by atomic mass is 16.5. The van der Waals surface area contributed by atoms with Crippen LogP contribution in [0.1, 0.15) is 48.4 Å². The first kappa shape index (κ1) is 21.4. The molecule has 4 nitrogen and oxygen atoms in total. The van der Waals surface area contributed by atoms with Crippen LogP contribution in [0.25, 0.3) is 0 Å². The Morgan fingerprint density at radius 3 is 1.87 bits per heavy atom. The maximum absolute atomic E-state index is 13.1. The van der Waals surface area contributed by atoms with Gasteiger partial charge in [-0.3, -0.25) is 4.79 Å². The molecule has 0 aliphatic heterocycles. The summed E-state index contributed by atoms with van der Waals surface area (Å²) in [5.74, 6) is 1.37. The van der Waals surface area contributed by atoms with Gasteiger partial charge in [0.2, 0.25) is 5.91 Å². The number of carbonyl (C=O) groups is 1. The van der Waals surface area contributed by atoms with Crippen molar-refractivity contribution in [2.45, 2.75) is 31.7 Å². The Kier molecular flexibility index (Phi) is 7.50. The molecule has 1 unspecified atom stereocenters. The molecule has 0 aliphatic carbocycles. The van der Waals surface area contributed by atoms with Crippen LogP contribution in [-0.4, -0.2) is 20.1 Å². The molecule has 0 heterocycles. The molecule has 1 atom stereocenters. The first-order chi connectivity index (χ1) is 14.7. The SMILES string of the molecule is CCC(NC(=O)CC(c1ccccc1)c1ccccc1)c1ccc(OC)c(OC)c1. The molecular weight excluding hydrogens is 374 g/mol. The van der Waals surface area contributed by atoms with Crippen LogP contribution in [0, 0.1) is 0 Å². The Hall–Kier alpha value is -3.27. The van der Waals surface area contributed by atoms with Crippen molar-refractivity contribution in [3.05, 3.63) is 95.6 Å². The molecule has 0 saturated heterocycles. The van der Waals surface area contributed by atoms with Crippen LogP contribution in [0.2, 0.25) is 0 Å². The highest BCUT2D eigenvalue weighted by Crippen LogP contribution is 2.32. The molecule has 30 heavy (non-hydrogen) atoms. The average molecular weight is 404 g/mol. The summed E-state index contributed by atoms with van der Waals surface area (Å²) in [6.45, 7) is 2.06. The van der Waals surface area contributed by atoms with Crippen LogP contribution in [0.4, 0.5) is 0 Å². The van der Waals surface area contributed by atoms with Crippen molar-refractivity contribution in [1.29, 1.82) is 0 Å². The van der Waals surface area contributed by atoms with Gasteiger partial charge < -0.3 is 14.8 Å². The molecule has 0 aliphatic rings. The summed E-state index contributed by atoms with van der Waals surface area (Å²) in [5, 5.41) is 3.21. The molecule has 0 aromatic heterocycles. The zero-order valence-electron chi connectivity index (χ0n) is 17.8. The smallest absolute Gasteiger partial charge is 0.221 e. The second-order valence-electron chi connectivity index (χ2n) is 7.22. The second-order valence-corrected chi connectivity index (χ2v) is 7.22. The molecule has 1 amide bonds. The van der Waals surface area contributed by atoms with Crippen LogP contribution < -0.4 is 14.8 Å². The fourth-order valence-electron chi connectivity index (χ4n) is 3.73. The monoisotopic (exact) mass is 403 g/mol. The van der Waals surface area contributed by atoms with E-state index in [1.807, 2.05) is 54.6 Å². The van der Waals surface area contributed by atoms with Gasteiger partial charge in [0, 0.05) is 12.3 Å². The molecule has 4 heteroatoms. The first-order valence-electron chi connectivity index (χ1n) is 10.3. The number of hydrogen-bond donors (Lipinski definition) is 1. The molecule has 0 radical (unpaired) electrons. The molecule has 3 rings (SSSR count). The van der Waals surface area contributed by atoms with Gasteiger partial charge in [-0.1, -0.05) is 73.7 Å². The lowest BCUT2D eigenvalue weighted by molar-refractivity contribution is -0.122. The molecule has 0 fully saturated rings. The van der Waals surface area contributed by atoms with Crippen LogP contribution in [0.15, 0.2) is 78.9 Å². The van der Waals surface area contributed by atoms with E-state index in [-0.39, 0.29) is 17.9 Å². The minimum Gasteiger partial charge on any atom is -0.493 e. The molecule has 1 N–H and O–H groups in total. The fraction of sp³-hybridized carbons (Fsp3) is 0.269. The van der Waals surface area contributed by atoms with E-state index in [4.69, 9.17) is 9.47 Å². The first-order valence-corrected chi connectivity index (χ1v) is 10.3. The van der Waals surface area contributed by atoms with E-state index in [1.54, 1.807) is 14.2 Å². The number of hydrogen-bond acceptors (Lipinski definition) is 3. The number of rotatable bonds is 9. The summed E-state index contributed by atoms with van der Waals surface area (Å²) >= 11 is 0. The lowest BCUT2D eigenvalue weighted by Crippen LogP contribution is -2.29. The molecule has 156 valence electrons. The average Bonchev–Trinajstić information content (AvgIpc) is 2.81. The van der Waals surface area contributed by atoms with Crippen LogP contribution in [0.5, 0.6) is 11.5 Å². The zero-order valence-corrected chi connectivity index (χ0v) is 17.8. The van der Waals surface area contributed by atoms with Crippen molar-refractivity contribution >= 4 is 5.91 Å². The van der Waals surface area contributed by atoms with E-state index in [0.717, 1.165) is 23.1 Å². The second kappa shape index (κ2) is 10.5. The number of nitrogens with one attached hydrogen (secondary N) is 1. The predicted molar refractivity (Wildman–Crippen MR) is 120 cm³/mol. The Bertz CT molecular complexity index is 902. The summed E-state index contributed by atoms with van der Waals surface area (Å²) in [7, 11) is 3.23. The summed E-state index contributed by atoms with van der Waals surface area (Å²) < 4.78 is 10.7. The molecule has 3 aromatic carbocycles.